The van der Waals surface area contributed by atoms with Gasteiger partial charge in [-0.3, -0.25) is 13.9 Å². The van der Waals surface area contributed by atoms with Gasteiger partial charge in [0.1, 0.15) is 5.75 Å². The molecule has 0 aliphatic carbocycles. The van der Waals surface area contributed by atoms with Crippen molar-refractivity contribution in [2.75, 3.05) is 18.0 Å². The molecule has 0 radical (unpaired) electrons. The highest BCUT2D eigenvalue weighted by Gasteiger charge is 2.31. The van der Waals surface area contributed by atoms with E-state index in [9.17, 15) is 22.8 Å². The first-order chi connectivity index (χ1) is 17.4. The molecule has 4 rings (SSSR count). The van der Waals surface area contributed by atoms with Gasteiger partial charge in [0, 0.05) is 39.3 Å². The molecular weight excluding hydrogens is 489 g/mol. The number of ether oxygens (including phenoxy) is 1. The third-order valence-corrected chi connectivity index (χ3v) is 6.42. The van der Waals surface area contributed by atoms with Gasteiger partial charge in [0.15, 0.2) is 11.2 Å². The molecule has 2 N–H and O–H groups in total. The number of nitrogens with zero attached hydrogens (tertiary/aromatic N) is 5. The number of anilines is 1. The van der Waals surface area contributed by atoms with E-state index < -0.39 is 17.6 Å². The zero-order valence-corrected chi connectivity index (χ0v) is 21.1. The monoisotopic (exact) mass is 520 g/mol. The summed E-state index contributed by atoms with van der Waals surface area (Å²) in [5.41, 5.74) is 7.58. The van der Waals surface area contributed by atoms with Crippen LogP contribution in [0.3, 0.4) is 0 Å². The van der Waals surface area contributed by atoms with Crippen LogP contribution in [-0.2, 0) is 26.6 Å². The van der Waals surface area contributed by atoms with Crippen LogP contribution >= 0.6 is 0 Å². The van der Waals surface area contributed by atoms with E-state index >= 15 is 0 Å². The molecule has 2 aromatic heterocycles. The number of alkyl halides is 3. The molecule has 1 atom stereocenters. The molecule has 37 heavy (non-hydrogen) atoms. The molecule has 1 saturated heterocycles. The molecule has 0 spiro atoms. The summed E-state index contributed by atoms with van der Waals surface area (Å²) in [6.45, 7) is 5.76. The van der Waals surface area contributed by atoms with Crippen LogP contribution in [-0.4, -0.2) is 44.2 Å². The molecule has 3 heterocycles. The van der Waals surface area contributed by atoms with Crippen LogP contribution in [0.1, 0.15) is 32.3 Å². The largest absolute Gasteiger partial charge is 0.573 e. The van der Waals surface area contributed by atoms with E-state index in [2.05, 4.69) is 9.64 Å². The Morgan fingerprint density at radius 1 is 1.19 bits per heavy atom. The molecule has 12 heteroatoms. The van der Waals surface area contributed by atoms with Crippen molar-refractivity contribution in [3.8, 4) is 5.75 Å². The Kier molecular flexibility index (Phi) is 7.49. The number of fused-ring (bicyclic) bond motifs is 1. The van der Waals surface area contributed by atoms with Crippen LogP contribution in [0.2, 0.25) is 0 Å². The maximum atomic E-state index is 13.6. The summed E-state index contributed by atoms with van der Waals surface area (Å²) < 4.78 is 45.5. The van der Waals surface area contributed by atoms with E-state index in [-0.39, 0.29) is 24.8 Å². The molecule has 1 unspecified atom stereocenters. The molecule has 0 saturated carbocycles. The fraction of sp³-hybridized carbons (Fsp3) is 0.480. The summed E-state index contributed by atoms with van der Waals surface area (Å²) in [6, 6.07) is 5.37. The van der Waals surface area contributed by atoms with Crippen LogP contribution in [0.15, 0.2) is 45.5 Å². The first-order valence-electron chi connectivity index (χ1n) is 12.1. The number of hydrogen-bond acceptors (Lipinski definition) is 6. The van der Waals surface area contributed by atoms with Gasteiger partial charge in [-0.05, 0) is 50.8 Å². The Balaban J connectivity index is 1.72. The van der Waals surface area contributed by atoms with Crippen molar-refractivity contribution in [2.45, 2.75) is 58.6 Å². The second-order valence-electron chi connectivity index (χ2n) is 9.56. The van der Waals surface area contributed by atoms with E-state index in [4.69, 9.17) is 10.7 Å². The number of rotatable bonds is 7. The van der Waals surface area contributed by atoms with Crippen LogP contribution in [0.4, 0.5) is 19.1 Å². The number of piperidine rings is 1. The minimum Gasteiger partial charge on any atom is -0.406 e. The van der Waals surface area contributed by atoms with E-state index in [1.54, 1.807) is 7.05 Å². The Hall–Kier alpha value is -3.54. The predicted octanol–water partition coefficient (Wildman–Crippen LogP) is 2.93. The number of hydrogen-bond donors (Lipinski definition) is 1. The molecule has 3 aromatic rings. The molecular formula is C25H31F3N6O3. The number of halogens is 3. The third-order valence-electron chi connectivity index (χ3n) is 6.42. The molecule has 1 aliphatic rings. The van der Waals surface area contributed by atoms with E-state index in [0.29, 0.717) is 35.8 Å². The van der Waals surface area contributed by atoms with Gasteiger partial charge in [-0.1, -0.05) is 23.8 Å². The number of benzene rings is 1. The molecule has 9 nitrogen and oxygen atoms in total. The summed E-state index contributed by atoms with van der Waals surface area (Å²) in [5.74, 6) is 0.270. The number of aromatic nitrogens is 4. The summed E-state index contributed by atoms with van der Waals surface area (Å²) in [7, 11) is 1.58. The van der Waals surface area contributed by atoms with E-state index in [1.165, 1.54) is 28.8 Å². The van der Waals surface area contributed by atoms with E-state index in [1.807, 2.05) is 24.5 Å². The minimum atomic E-state index is -4.77. The highest BCUT2D eigenvalue weighted by molar-refractivity contribution is 5.74. The lowest BCUT2D eigenvalue weighted by Gasteiger charge is -2.31. The SMILES string of the molecule is CC(C)=CCn1c(N2CCCC(N)C2)nc2c1c(=O)n(CCc1ccc(OC(F)(F)F)cc1)c(=O)n2C. The summed E-state index contributed by atoms with van der Waals surface area (Å²) in [5, 5.41) is 0. The summed E-state index contributed by atoms with van der Waals surface area (Å²) in [4.78, 5) is 33.6. The maximum absolute atomic E-state index is 13.6. The number of allylic oxidation sites excluding steroid dienone is 2. The predicted molar refractivity (Wildman–Crippen MR) is 135 cm³/mol. The third kappa shape index (κ3) is 5.90. The van der Waals surface area contributed by atoms with Crippen LogP contribution in [0.25, 0.3) is 11.2 Å². The van der Waals surface area contributed by atoms with Gasteiger partial charge in [0.2, 0.25) is 5.95 Å². The first-order valence-corrected chi connectivity index (χ1v) is 12.1. The van der Waals surface area contributed by atoms with Crippen molar-refractivity contribution in [3.63, 3.8) is 0 Å². The zero-order chi connectivity index (χ0) is 26.9. The van der Waals surface area contributed by atoms with Crippen LogP contribution in [0.5, 0.6) is 5.75 Å². The maximum Gasteiger partial charge on any atom is 0.573 e. The van der Waals surface area contributed by atoms with Gasteiger partial charge in [0.25, 0.3) is 5.56 Å². The number of nitrogens with two attached hydrogens (primary N) is 1. The average molecular weight is 521 g/mol. The van der Waals surface area contributed by atoms with Crippen molar-refractivity contribution in [3.05, 3.63) is 62.3 Å². The topological polar surface area (TPSA) is 100 Å². The molecule has 0 bridgehead atoms. The standard InChI is InChI=1S/C25H31F3N6O3/c1-16(2)10-13-33-20-21(30-23(33)32-12-4-5-18(29)15-32)31(3)24(36)34(22(20)35)14-11-17-6-8-19(9-7-17)37-25(26,27)28/h6-10,18H,4-5,11-15,29H2,1-3H3. The Morgan fingerprint density at radius 3 is 2.51 bits per heavy atom. The van der Waals surface area contributed by atoms with Crippen molar-refractivity contribution >= 4 is 17.1 Å². The summed E-state index contributed by atoms with van der Waals surface area (Å²) >= 11 is 0. The first kappa shape index (κ1) is 26.5. The summed E-state index contributed by atoms with van der Waals surface area (Å²) in [6.07, 6.45) is -0.692. The lowest BCUT2D eigenvalue weighted by Crippen LogP contribution is -2.44. The average Bonchev–Trinajstić information content (AvgIpc) is 3.21. The second kappa shape index (κ2) is 10.4. The highest BCUT2D eigenvalue weighted by Crippen LogP contribution is 2.24. The molecule has 1 aromatic carbocycles. The quantitative estimate of drug-likeness (QED) is 0.481. The fourth-order valence-corrected chi connectivity index (χ4v) is 4.54. The van der Waals surface area contributed by atoms with Crippen molar-refractivity contribution < 1.29 is 17.9 Å². The smallest absolute Gasteiger partial charge is 0.406 e. The molecule has 1 fully saturated rings. The van der Waals surface area contributed by atoms with Gasteiger partial charge in [-0.15, -0.1) is 13.2 Å². The van der Waals surface area contributed by atoms with Gasteiger partial charge in [0.05, 0.1) is 0 Å². The normalized spacial score (nSPS) is 16.3. The molecule has 0 amide bonds. The fourth-order valence-electron chi connectivity index (χ4n) is 4.54. The second-order valence-corrected chi connectivity index (χ2v) is 9.56. The van der Waals surface area contributed by atoms with Crippen molar-refractivity contribution in [2.24, 2.45) is 12.8 Å². The highest BCUT2D eigenvalue weighted by atomic mass is 19.4. The molecule has 200 valence electrons. The molecule has 1 aliphatic heterocycles. The lowest BCUT2D eigenvalue weighted by atomic mass is 10.1. The van der Waals surface area contributed by atoms with Gasteiger partial charge < -0.3 is 19.9 Å². The van der Waals surface area contributed by atoms with Crippen molar-refractivity contribution in [1.29, 1.82) is 0 Å². The van der Waals surface area contributed by atoms with Crippen LogP contribution in [0, 0.1) is 0 Å². The lowest BCUT2D eigenvalue weighted by molar-refractivity contribution is -0.274. The van der Waals surface area contributed by atoms with Gasteiger partial charge in [-0.25, -0.2) is 4.79 Å². The Morgan fingerprint density at radius 2 is 1.89 bits per heavy atom. The minimum absolute atomic E-state index is 0.00105. The number of imidazole rings is 1. The van der Waals surface area contributed by atoms with Gasteiger partial charge >= 0.3 is 12.1 Å². The Bertz CT molecular complexity index is 1420. The van der Waals surface area contributed by atoms with Crippen molar-refractivity contribution in [1.82, 2.24) is 18.7 Å². The number of aryl methyl sites for hydroxylation is 2. The van der Waals surface area contributed by atoms with E-state index in [0.717, 1.165) is 29.5 Å². The van der Waals surface area contributed by atoms with Gasteiger partial charge in [-0.2, -0.15) is 4.98 Å². The van der Waals surface area contributed by atoms with Crippen LogP contribution < -0.4 is 26.6 Å². The Labute approximate surface area is 211 Å². The zero-order valence-electron chi connectivity index (χ0n) is 21.1.